The molecule has 36 nitrogen and oxygen atoms in total. The fraction of sp³-hybridized carbons (Fsp3) is 0.451. The molecule has 696 valence electrons. The second-order valence-corrected chi connectivity index (χ2v) is 36.5. The zero-order chi connectivity index (χ0) is 94.2. The number of thioether (sulfide) groups is 3. The highest BCUT2D eigenvalue weighted by atomic mass is 32.2. The molecule has 1 fully saturated rings. The van der Waals surface area contributed by atoms with Crippen molar-refractivity contribution in [1.82, 2.24) is 78.3 Å². The third-order valence-electron chi connectivity index (χ3n) is 22.8. The van der Waals surface area contributed by atoms with Gasteiger partial charge in [0.2, 0.25) is 82.7 Å². The number of rotatable bonds is 19. The van der Waals surface area contributed by atoms with Crippen molar-refractivity contribution in [2.75, 3.05) is 55.4 Å². The number of aliphatic hydroxyl groups excluding tert-OH is 1. The SMILES string of the molecule is CC[C@@H]1NC(=O)[C@H]([C@@H](C)O)NC(=O)[C@@H](CC(=O)[C@H](C)NC(=O)CN(C)C(=O)CCN)CSCc2ccc(cc2)N2c3ccc(cc3)CSC[C@@H](C(N)=O)NC(=O)[C@@H]3CCCN3C(=O)[C@H](C(C)C)NC(=O)[C@H](Cc3c[nH]c4ccccc34)NC(=O)CNC(=O)[C@H](CC(=O)O)NC(=O)[C@H](C(C)C)NC(=O)[C@H](Cc3c[nH]c4ccccc34)NC(=O)[C@H](CSCc3ccc2cc3)NC1=O. The Kier molecular flexibility index (Phi) is 36.3. The van der Waals surface area contributed by atoms with E-state index in [2.05, 4.69) is 68.5 Å². The molecule has 14 amide bonds. The van der Waals surface area contributed by atoms with Gasteiger partial charge in [-0.2, -0.15) is 35.3 Å². The van der Waals surface area contributed by atoms with Crippen molar-refractivity contribution < 1.29 is 86.9 Å². The molecule has 39 heteroatoms. The Balaban J connectivity index is 1.02. The fourth-order valence-corrected chi connectivity index (χ4v) is 18.5. The Morgan fingerprint density at radius 1 is 0.538 bits per heavy atom. The van der Waals surface area contributed by atoms with Gasteiger partial charge in [-0.15, -0.1) is 0 Å². The largest absolute Gasteiger partial charge is 0.481 e. The number of hydrogen-bond donors (Lipinski definition) is 17. The molecule has 14 rings (SSSR count). The van der Waals surface area contributed by atoms with Gasteiger partial charge in [-0.1, -0.05) is 107 Å². The van der Waals surface area contributed by atoms with Gasteiger partial charge in [0.1, 0.15) is 60.4 Å². The summed E-state index contributed by atoms with van der Waals surface area (Å²) in [5.74, 6) is -16.0. The van der Waals surface area contributed by atoms with E-state index in [1.807, 2.05) is 77.7 Å². The first-order valence-electron chi connectivity index (χ1n) is 43.2. The van der Waals surface area contributed by atoms with Gasteiger partial charge in [0.05, 0.1) is 37.6 Å². The number of nitrogens with two attached hydrogens (primary N) is 2. The number of aliphatic hydroxyl groups is 1. The fourth-order valence-electron chi connectivity index (χ4n) is 15.4. The van der Waals surface area contributed by atoms with Gasteiger partial charge in [-0.05, 0) is 121 Å². The number of Topliss-reactive ketones (excluding diaryl/α,β-unsaturated/α-hetero) is 1. The number of carbonyl (C=O) groups excluding carboxylic acids is 15. The summed E-state index contributed by atoms with van der Waals surface area (Å²) in [5.41, 5.74) is 18.5. The highest BCUT2D eigenvalue weighted by molar-refractivity contribution is 7.99. The van der Waals surface area contributed by atoms with Crippen molar-refractivity contribution in [3.05, 3.63) is 162 Å². The maximum atomic E-state index is 15.5. The number of hydrogen-bond acceptors (Lipinski definition) is 22. The molecule has 7 aliphatic heterocycles. The first-order chi connectivity index (χ1) is 62.1. The lowest BCUT2D eigenvalue weighted by Gasteiger charge is -2.32. The lowest BCUT2D eigenvalue weighted by atomic mass is 9.98. The van der Waals surface area contributed by atoms with Gasteiger partial charge in [0.15, 0.2) is 5.78 Å². The number of aliphatic carboxylic acids is 1. The van der Waals surface area contributed by atoms with Crippen LogP contribution >= 0.6 is 35.3 Å². The van der Waals surface area contributed by atoms with Crippen LogP contribution in [0.2, 0.25) is 0 Å². The smallest absolute Gasteiger partial charge is 0.305 e. The third-order valence-corrected chi connectivity index (χ3v) is 26.1. The van der Waals surface area contributed by atoms with Gasteiger partial charge in [-0.25, -0.2) is 0 Å². The molecule has 7 aromatic rings. The molecule has 13 atom stereocenters. The molecule has 0 aliphatic carbocycles. The Hall–Kier alpha value is -12.3. The number of ketones is 1. The zero-order valence-corrected chi connectivity index (χ0v) is 76.2. The Morgan fingerprint density at radius 3 is 1.55 bits per heavy atom. The Bertz CT molecular complexity index is 5250. The predicted molar refractivity (Wildman–Crippen MR) is 494 cm³/mol. The summed E-state index contributed by atoms with van der Waals surface area (Å²) in [5, 5.41) is 52.1. The molecule has 9 heterocycles. The van der Waals surface area contributed by atoms with Crippen molar-refractivity contribution in [2.45, 2.75) is 190 Å². The molecule has 0 unspecified atom stereocenters. The van der Waals surface area contributed by atoms with Crippen molar-refractivity contribution in [3.8, 4) is 0 Å². The number of nitrogens with one attached hydrogen (secondary N) is 13. The lowest BCUT2D eigenvalue weighted by molar-refractivity contribution is -0.143. The second kappa shape index (κ2) is 47.3. The van der Waals surface area contributed by atoms with Crippen LogP contribution in [0.3, 0.4) is 0 Å². The van der Waals surface area contributed by atoms with Crippen LogP contribution in [0.5, 0.6) is 0 Å². The van der Waals surface area contributed by atoms with Crippen molar-refractivity contribution >= 4 is 169 Å². The van der Waals surface area contributed by atoms with Crippen LogP contribution in [0, 0.1) is 17.8 Å². The molecule has 1 saturated heterocycles. The normalized spacial score (nSPS) is 22.9. The summed E-state index contributed by atoms with van der Waals surface area (Å²) in [6, 6.07) is 21.0. The summed E-state index contributed by atoms with van der Waals surface area (Å²) in [7, 11) is 1.41. The molecular weight excluding hydrogens is 1730 g/mol. The Labute approximate surface area is 765 Å². The lowest BCUT2D eigenvalue weighted by Crippen LogP contribution is -2.61. The summed E-state index contributed by atoms with van der Waals surface area (Å²) in [4.78, 5) is 239. The molecule has 0 radical (unpaired) electrons. The van der Waals surface area contributed by atoms with Crippen LogP contribution in [0.1, 0.15) is 115 Å². The monoisotopic (exact) mass is 1840 g/mol. The number of para-hydroxylation sites is 2. The van der Waals surface area contributed by atoms with Crippen LogP contribution in [-0.2, 0) is 107 Å². The molecule has 8 bridgehead atoms. The minimum atomic E-state index is -1.92. The number of carboxylic acid groups (broad SMARTS) is 1. The predicted octanol–water partition coefficient (Wildman–Crippen LogP) is 2.75. The average molecular weight is 1850 g/mol. The number of primary amides is 1. The molecule has 0 spiro atoms. The number of H-pyrrole nitrogens is 2. The van der Waals surface area contributed by atoms with E-state index < -0.39 is 211 Å². The highest BCUT2D eigenvalue weighted by Crippen LogP contribution is 2.37. The zero-order valence-electron chi connectivity index (χ0n) is 73.7. The van der Waals surface area contributed by atoms with E-state index in [1.54, 1.807) is 95.5 Å². The molecular formula is C91H116N18O18S3. The first kappa shape index (κ1) is 99.8. The maximum absolute atomic E-state index is 15.5. The summed E-state index contributed by atoms with van der Waals surface area (Å²) < 4.78 is 0. The highest BCUT2D eigenvalue weighted by Gasteiger charge is 2.43. The van der Waals surface area contributed by atoms with Crippen LogP contribution in [-0.4, -0.2) is 247 Å². The van der Waals surface area contributed by atoms with E-state index in [0.717, 1.165) is 21.6 Å². The number of carbonyl (C=O) groups is 16. The number of benzene rings is 5. The van der Waals surface area contributed by atoms with E-state index in [4.69, 9.17) is 11.5 Å². The van der Waals surface area contributed by atoms with E-state index in [9.17, 15) is 77.3 Å². The van der Waals surface area contributed by atoms with E-state index in [0.29, 0.717) is 67.9 Å². The van der Waals surface area contributed by atoms with Gasteiger partial charge in [0, 0.05) is 132 Å². The van der Waals surface area contributed by atoms with Crippen molar-refractivity contribution in [3.63, 3.8) is 0 Å². The van der Waals surface area contributed by atoms with Crippen LogP contribution < -0.4 is 74.9 Å². The molecule has 2 aromatic heterocycles. The average Bonchev–Trinajstić information content (AvgIpc) is 1.49. The van der Waals surface area contributed by atoms with E-state index >= 15 is 9.59 Å². The topological polar surface area (TPSA) is 539 Å². The van der Waals surface area contributed by atoms with Gasteiger partial charge >= 0.3 is 5.97 Å². The van der Waals surface area contributed by atoms with Crippen LogP contribution in [0.4, 0.5) is 17.1 Å². The van der Waals surface area contributed by atoms with Gasteiger partial charge < -0.3 is 105 Å². The molecule has 7 aliphatic rings. The molecule has 19 N–H and O–H groups in total. The second-order valence-electron chi connectivity index (χ2n) is 33.4. The molecule has 0 saturated carbocycles. The molecule has 130 heavy (non-hydrogen) atoms. The van der Waals surface area contributed by atoms with Gasteiger partial charge in [-0.3, -0.25) is 76.7 Å². The van der Waals surface area contributed by atoms with Gasteiger partial charge in [0.25, 0.3) is 0 Å². The third kappa shape index (κ3) is 27.4. The van der Waals surface area contributed by atoms with Crippen molar-refractivity contribution in [1.29, 1.82) is 0 Å². The minimum Gasteiger partial charge on any atom is -0.481 e. The van der Waals surface area contributed by atoms with Crippen molar-refractivity contribution in [2.24, 2.45) is 29.2 Å². The number of nitrogens with zero attached hydrogens (tertiary/aromatic N) is 3. The number of fused-ring (bicyclic) bond motifs is 4. The number of amides is 14. The first-order valence-corrected chi connectivity index (χ1v) is 46.7. The quantitative estimate of drug-likeness (QED) is 0.0553. The Morgan fingerprint density at radius 2 is 1.03 bits per heavy atom. The summed E-state index contributed by atoms with van der Waals surface area (Å²) in [6.45, 7) is 9.55. The number of likely N-dealkylation sites (N-methyl/N-ethyl adjacent to an activating group) is 1. The van der Waals surface area contributed by atoms with E-state index in [-0.39, 0.29) is 68.2 Å². The van der Waals surface area contributed by atoms with Crippen LogP contribution in [0.15, 0.2) is 134 Å². The maximum Gasteiger partial charge on any atom is 0.305 e. The van der Waals surface area contributed by atoms with Crippen LogP contribution in [0.25, 0.3) is 21.8 Å². The number of carboxylic acids is 1. The number of anilines is 3. The molecule has 5 aromatic carbocycles. The number of aromatic nitrogens is 2. The standard InChI is InChI=1S/C91H116N18O18S3/c1-9-64-84(120)103-71-48-130-45-55-24-30-61(31-25-55)109(59-26-20-53(21-27-59)43-128-46-58(82(118)106-80(52(7)110)90(126)99-64)37-73(111)51(6)97-75(113)42-107(8)76(114)32-33-92)60-28-22-54(23-29-60)44-129-47-70(81(93)117)102-88(124)72-19-14-34-108(72)91(127)79(50(4)5)105-85(121)67(35-56-39-94-65-17-12-10-15-62(56)65)98-74(112)41-96-83(119)69(38-77(115)116)101-89(125)78(49(2)3)104-86(122)68(100-87(71)123)36-57-40-95-66-18-13-11-16-63(57)66/h10-13,15-18,20-31,39-40,49-52,58,64,67-72,78-80,94-95,110H,9,14,19,32-38,41-48,92H2,1-8H3,(H2,93,117)(H,96,119)(H,97,113)(H,98,112)(H,99,126)(H,100,123)(H,101,125)(H,102,124)(H,103,120)(H,104,122)(H,105,121)(H,106,118)(H,115,116)/t51-,52+,58-,64-,67-,68-,69-,70-,71-,72-,78-,79-,80-/m0/s1. The summed E-state index contributed by atoms with van der Waals surface area (Å²) >= 11 is 3.82. The number of aromatic amines is 2. The minimum absolute atomic E-state index is 0.0208. The van der Waals surface area contributed by atoms with E-state index in [1.165, 1.54) is 61.1 Å². The summed E-state index contributed by atoms with van der Waals surface area (Å²) in [6.07, 6.45) is 0.120.